The average molecular weight is 358 g/mol. The number of rotatable bonds is 5. The maximum atomic E-state index is 12.3. The van der Waals surface area contributed by atoms with Gasteiger partial charge in [0.2, 0.25) is 5.13 Å². The van der Waals surface area contributed by atoms with Crippen molar-refractivity contribution >= 4 is 22.7 Å². The molecule has 2 unspecified atom stereocenters. The Bertz CT molecular complexity index is 745. The second kappa shape index (κ2) is 6.72. The topological polar surface area (TPSA) is 76.1 Å². The van der Waals surface area contributed by atoms with Crippen LogP contribution in [0.2, 0.25) is 0 Å². The number of amides is 2. The highest BCUT2D eigenvalue weighted by atomic mass is 32.1. The van der Waals surface area contributed by atoms with Crippen LogP contribution < -0.4 is 10.6 Å². The van der Waals surface area contributed by atoms with Crippen LogP contribution in [0.25, 0.3) is 11.4 Å². The Labute approximate surface area is 151 Å². The largest absolute Gasteiger partial charge is 0.378 e. The van der Waals surface area contributed by atoms with Gasteiger partial charge in [0.1, 0.15) is 0 Å². The van der Waals surface area contributed by atoms with Gasteiger partial charge in [-0.1, -0.05) is 36.8 Å². The van der Waals surface area contributed by atoms with E-state index in [0.29, 0.717) is 17.1 Å². The quantitative estimate of drug-likeness (QED) is 0.855. The summed E-state index contributed by atoms with van der Waals surface area (Å²) < 4.78 is 10.1. The summed E-state index contributed by atoms with van der Waals surface area (Å²) in [5.74, 6) is 0.636. The third-order valence-corrected chi connectivity index (χ3v) is 6.05. The minimum Gasteiger partial charge on any atom is -0.378 e. The van der Waals surface area contributed by atoms with Crippen molar-refractivity contribution < 1.29 is 9.53 Å². The summed E-state index contributed by atoms with van der Waals surface area (Å²) in [6.45, 7) is 2.76. The molecule has 6 nitrogen and oxygen atoms in total. The van der Waals surface area contributed by atoms with Crippen LogP contribution in [0.3, 0.4) is 0 Å². The molecule has 2 aromatic rings. The first-order chi connectivity index (χ1) is 12.2. The summed E-state index contributed by atoms with van der Waals surface area (Å²) in [7, 11) is 0. The van der Waals surface area contributed by atoms with Gasteiger partial charge in [-0.2, -0.15) is 9.36 Å². The summed E-state index contributed by atoms with van der Waals surface area (Å²) in [4.78, 5) is 16.7. The predicted octanol–water partition coefficient (Wildman–Crippen LogP) is 3.67. The highest BCUT2D eigenvalue weighted by molar-refractivity contribution is 7.10. The van der Waals surface area contributed by atoms with E-state index in [1.807, 2.05) is 37.3 Å². The zero-order chi connectivity index (χ0) is 17.3. The second-order valence-corrected chi connectivity index (χ2v) is 7.46. The van der Waals surface area contributed by atoms with Gasteiger partial charge < -0.3 is 10.1 Å². The molecule has 1 aromatic heterocycles. The lowest BCUT2D eigenvalue weighted by atomic mass is 9.51. The van der Waals surface area contributed by atoms with E-state index in [0.717, 1.165) is 31.4 Å². The molecule has 2 N–H and O–H groups in total. The van der Waals surface area contributed by atoms with E-state index in [4.69, 9.17) is 4.74 Å². The lowest BCUT2D eigenvalue weighted by Gasteiger charge is -2.60. The second-order valence-electron chi connectivity index (χ2n) is 6.71. The van der Waals surface area contributed by atoms with Crippen molar-refractivity contribution in [1.29, 1.82) is 0 Å². The van der Waals surface area contributed by atoms with Crippen LogP contribution in [0, 0.1) is 5.41 Å². The minimum absolute atomic E-state index is 0.156. The molecule has 7 heteroatoms. The molecule has 2 amide bonds. The van der Waals surface area contributed by atoms with E-state index >= 15 is 0 Å². The summed E-state index contributed by atoms with van der Waals surface area (Å²) >= 11 is 1.20. The standard InChI is InChI=1S/C18H22N4O2S/c1-2-24-14-11-13(18(14)9-6-10-18)19-16(23)21-17-20-15(22-25-17)12-7-4-3-5-8-12/h3-5,7-8,13-14H,2,6,9-11H2,1H3,(H2,19,20,21,22,23). The number of hydrogen-bond donors (Lipinski definition) is 2. The molecule has 1 aromatic carbocycles. The zero-order valence-electron chi connectivity index (χ0n) is 14.2. The maximum Gasteiger partial charge on any atom is 0.321 e. The Balaban J connectivity index is 1.35. The van der Waals surface area contributed by atoms with Crippen molar-refractivity contribution in [2.45, 2.75) is 44.8 Å². The third-order valence-electron chi connectivity index (χ3n) is 5.42. The van der Waals surface area contributed by atoms with Crippen LogP contribution in [0.15, 0.2) is 30.3 Å². The molecule has 2 aliphatic rings. The molecule has 0 saturated heterocycles. The molecule has 0 bridgehead atoms. The molecule has 4 rings (SSSR count). The predicted molar refractivity (Wildman–Crippen MR) is 97.6 cm³/mol. The van der Waals surface area contributed by atoms with Crippen LogP contribution in [0.1, 0.15) is 32.6 Å². The molecular formula is C18H22N4O2S. The van der Waals surface area contributed by atoms with Gasteiger partial charge >= 0.3 is 6.03 Å². The number of carbonyl (C=O) groups excluding carboxylic acids is 1. The zero-order valence-corrected chi connectivity index (χ0v) is 15.0. The third kappa shape index (κ3) is 3.02. The van der Waals surface area contributed by atoms with Crippen molar-refractivity contribution in [2.24, 2.45) is 5.41 Å². The molecular weight excluding hydrogens is 336 g/mol. The van der Waals surface area contributed by atoms with E-state index in [-0.39, 0.29) is 17.5 Å². The van der Waals surface area contributed by atoms with E-state index in [1.165, 1.54) is 18.0 Å². The van der Waals surface area contributed by atoms with Crippen LogP contribution in [-0.4, -0.2) is 34.1 Å². The molecule has 1 heterocycles. The normalized spacial score (nSPS) is 23.6. The highest BCUT2D eigenvalue weighted by Crippen LogP contribution is 2.57. The Morgan fingerprint density at radius 2 is 2.16 bits per heavy atom. The molecule has 1 spiro atoms. The van der Waals surface area contributed by atoms with Gasteiger partial charge in [0.25, 0.3) is 0 Å². The fourth-order valence-corrected chi connectivity index (χ4v) is 4.50. The number of nitrogens with one attached hydrogen (secondary N) is 2. The van der Waals surface area contributed by atoms with E-state index in [9.17, 15) is 4.79 Å². The van der Waals surface area contributed by atoms with Crippen LogP contribution >= 0.6 is 11.5 Å². The first-order valence-electron chi connectivity index (χ1n) is 8.79. The Morgan fingerprint density at radius 3 is 2.84 bits per heavy atom. The number of ether oxygens (including phenoxy) is 1. The van der Waals surface area contributed by atoms with Gasteiger partial charge in [-0.05, 0) is 26.2 Å². The van der Waals surface area contributed by atoms with Crippen molar-refractivity contribution in [2.75, 3.05) is 11.9 Å². The minimum atomic E-state index is -0.206. The van der Waals surface area contributed by atoms with Gasteiger partial charge in [-0.25, -0.2) is 4.79 Å². The summed E-state index contributed by atoms with van der Waals surface area (Å²) in [5.41, 5.74) is 1.10. The van der Waals surface area contributed by atoms with E-state index in [2.05, 4.69) is 20.0 Å². The molecule has 2 saturated carbocycles. The SMILES string of the molecule is CCOC1CC(NC(=O)Nc2nc(-c3ccccc3)ns2)C12CCC2. The number of nitrogens with zero attached hydrogens (tertiary/aromatic N) is 2. The molecule has 25 heavy (non-hydrogen) atoms. The number of hydrogen-bond acceptors (Lipinski definition) is 5. The van der Waals surface area contributed by atoms with Crippen LogP contribution in [-0.2, 0) is 4.74 Å². The lowest BCUT2D eigenvalue weighted by molar-refractivity contribution is -0.169. The first kappa shape index (κ1) is 16.5. The number of urea groups is 1. The van der Waals surface area contributed by atoms with E-state index in [1.54, 1.807) is 0 Å². The van der Waals surface area contributed by atoms with Gasteiger partial charge in [-0.3, -0.25) is 5.32 Å². The van der Waals surface area contributed by atoms with Crippen molar-refractivity contribution in [3.63, 3.8) is 0 Å². The Hall–Kier alpha value is -1.99. The van der Waals surface area contributed by atoms with Gasteiger partial charge in [-0.15, -0.1) is 0 Å². The molecule has 0 radical (unpaired) electrons. The van der Waals surface area contributed by atoms with Crippen molar-refractivity contribution in [1.82, 2.24) is 14.7 Å². The Kier molecular flexibility index (Phi) is 4.43. The molecule has 0 aliphatic heterocycles. The molecule has 2 fully saturated rings. The summed E-state index contributed by atoms with van der Waals surface area (Å²) in [5, 5.41) is 6.44. The summed E-state index contributed by atoms with van der Waals surface area (Å²) in [6, 6.07) is 9.73. The highest BCUT2D eigenvalue weighted by Gasteiger charge is 2.59. The molecule has 2 atom stereocenters. The number of carbonyl (C=O) groups is 1. The average Bonchev–Trinajstić information content (AvgIpc) is 3.01. The van der Waals surface area contributed by atoms with E-state index < -0.39 is 0 Å². The smallest absolute Gasteiger partial charge is 0.321 e. The number of aromatic nitrogens is 2. The van der Waals surface area contributed by atoms with Gasteiger partial charge in [0.05, 0.1) is 6.10 Å². The fraction of sp³-hybridized carbons (Fsp3) is 0.500. The number of benzene rings is 1. The lowest BCUT2D eigenvalue weighted by Crippen LogP contribution is -2.68. The van der Waals surface area contributed by atoms with Crippen molar-refractivity contribution in [3.8, 4) is 11.4 Å². The van der Waals surface area contributed by atoms with Crippen LogP contribution in [0.4, 0.5) is 9.93 Å². The first-order valence-corrected chi connectivity index (χ1v) is 9.57. The summed E-state index contributed by atoms with van der Waals surface area (Å²) in [6.07, 6.45) is 4.69. The Morgan fingerprint density at radius 1 is 1.36 bits per heavy atom. The maximum absolute atomic E-state index is 12.3. The van der Waals surface area contributed by atoms with Gasteiger partial charge in [0, 0.05) is 35.2 Å². The fourth-order valence-electron chi connectivity index (χ4n) is 3.91. The van der Waals surface area contributed by atoms with Gasteiger partial charge in [0.15, 0.2) is 5.82 Å². The number of anilines is 1. The molecule has 2 aliphatic carbocycles. The monoisotopic (exact) mass is 358 g/mol. The van der Waals surface area contributed by atoms with Crippen molar-refractivity contribution in [3.05, 3.63) is 30.3 Å². The molecule has 132 valence electrons. The van der Waals surface area contributed by atoms with Crippen LogP contribution in [0.5, 0.6) is 0 Å².